The highest BCUT2D eigenvalue weighted by Crippen LogP contribution is 2.37. The molecule has 0 unspecified atom stereocenters. The summed E-state index contributed by atoms with van der Waals surface area (Å²) in [6.45, 7) is 0.933. The molecular formula is C23H19Cl2N3. The molecule has 5 rings (SSSR count). The molecule has 28 heavy (non-hydrogen) atoms. The number of nitrogens with zero attached hydrogens (tertiary/aromatic N) is 2. The Hall–Kier alpha value is -2.49. The maximum Gasteiger partial charge on any atom is 0.133 e. The van der Waals surface area contributed by atoms with Crippen LogP contribution in [0.15, 0.2) is 60.7 Å². The third-order valence-corrected chi connectivity index (χ3v) is 5.70. The van der Waals surface area contributed by atoms with Gasteiger partial charge in [0.25, 0.3) is 0 Å². The van der Waals surface area contributed by atoms with Crippen LogP contribution in [0.3, 0.4) is 0 Å². The van der Waals surface area contributed by atoms with Crippen LogP contribution in [-0.2, 0) is 6.42 Å². The number of halogens is 2. The van der Waals surface area contributed by atoms with Crippen molar-refractivity contribution in [1.29, 1.82) is 0 Å². The van der Waals surface area contributed by atoms with E-state index in [9.17, 15) is 0 Å². The lowest BCUT2D eigenvalue weighted by Gasteiger charge is -2.10. The lowest BCUT2D eigenvalue weighted by atomic mass is 9.98. The van der Waals surface area contributed by atoms with Gasteiger partial charge in [-0.3, -0.25) is 0 Å². The van der Waals surface area contributed by atoms with Gasteiger partial charge in [-0.25, -0.2) is 4.68 Å². The fraction of sp³-hybridized carbons (Fsp3) is 0.174. The summed E-state index contributed by atoms with van der Waals surface area (Å²) < 4.78 is 1.95. The van der Waals surface area contributed by atoms with Gasteiger partial charge < -0.3 is 5.32 Å². The number of hydrogen-bond donors (Lipinski definition) is 1. The van der Waals surface area contributed by atoms with E-state index in [-0.39, 0.29) is 0 Å². The molecule has 3 aromatic carbocycles. The fourth-order valence-corrected chi connectivity index (χ4v) is 4.51. The number of aromatic nitrogens is 2. The molecule has 0 atom stereocenters. The molecule has 1 aromatic heterocycles. The van der Waals surface area contributed by atoms with Crippen LogP contribution in [0.1, 0.15) is 18.4 Å². The molecule has 0 spiro atoms. The maximum atomic E-state index is 6.27. The van der Waals surface area contributed by atoms with E-state index < -0.39 is 0 Å². The molecule has 2 heterocycles. The molecule has 1 aliphatic rings. The quantitative estimate of drug-likeness (QED) is 0.398. The molecule has 1 aliphatic heterocycles. The first-order valence-electron chi connectivity index (χ1n) is 9.51. The molecule has 4 aromatic rings. The van der Waals surface area contributed by atoms with Gasteiger partial charge in [0, 0.05) is 27.7 Å². The minimum Gasteiger partial charge on any atom is -0.370 e. The summed E-state index contributed by atoms with van der Waals surface area (Å²) in [7, 11) is 0. The highest BCUT2D eigenvalue weighted by Gasteiger charge is 2.23. The monoisotopic (exact) mass is 407 g/mol. The summed E-state index contributed by atoms with van der Waals surface area (Å²) in [6.07, 6.45) is 3.27. The lowest BCUT2D eigenvalue weighted by Crippen LogP contribution is -2.07. The van der Waals surface area contributed by atoms with Crippen molar-refractivity contribution in [2.45, 2.75) is 19.3 Å². The Morgan fingerprint density at radius 3 is 2.54 bits per heavy atom. The molecule has 3 nitrogen and oxygen atoms in total. The minimum atomic E-state index is 0.604. The van der Waals surface area contributed by atoms with Crippen LogP contribution in [0.5, 0.6) is 0 Å². The average molecular weight is 408 g/mol. The van der Waals surface area contributed by atoms with Crippen molar-refractivity contribution in [2.24, 2.45) is 0 Å². The summed E-state index contributed by atoms with van der Waals surface area (Å²) in [5, 5.41) is 12.3. The van der Waals surface area contributed by atoms with Gasteiger partial charge in [-0.15, -0.1) is 0 Å². The number of rotatable bonds is 2. The lowest BCUT2D eigenvalue weighted by molar-refractivity contribution is 0.780. The zero-order valence-corrected chi connectivity index (χ0v) is 16.8. The van der Waals surface area contributed by atoms with Crippen molar-refractivity contribution in [3.63, 3.8) is 0 Å². The largest absolute Gasteiger partial charge is 0.370 e. The summed E-state index contributed by atoms with van der Waals surface area (Å²) in [5.41, 5.74) is 4.31. The van der Waals surface area contributed by atoms with E-state index in [1.54, 1.807) is 6.07 Å². The van der Waals surface area contributed by atoms with Crippen LogP contribution in [0.25, 0.3) is 27.7 Å². The zero-order valence-electron chi connectivity index (χ0n) is 15.3. The molecule has 140 valence electrons. The topological polar surface area (TPSA) is 29.9 Å². The number of benzene rings is 3. The van der Waals surface area contributed by atoms with E-state index in [0.29, 0.717) is 10.0 Å². The highest BCUT2D eigenvalue weighted by atomic mass is 35.5. The Morgan fingerprint density at radius 2 is 1.68 bits per heavy atom. The molecule has 1 N–H and O–H groups in total. The molecule has 0 radical (unpaired) electrons. The van der Waals surface area contributed by atoms with Crippen LogP contribution in [-0.4, -0.2) is 16.3 Å². The molecule has 0 bridgehead atoms. The van der Waals surface area contributed by atoms with Gasteiger partial charge >= 0.3 is 0 Å². The molecule has 0 amide bonds. The van der Waals surface area contributed by atoms with Gasteiger partial charge in [0.2, 0.25) is 0 Å². The van der Waals surface area contributed by atoms with Crippen molar-refractivity contribution >= 4 is 39.8 Å². The maximum absolute atomic E-state index is 6.27. The molecule has 0 fully saturated rings. The van der Waals surface area contributed by atoms with Crippen molar-refractivity contribution < 1.29 is 0 Å². The van der Waals surface area contributed by atoms with Gasteiger partial charge in [-0.1, -0.05) is 65.7 Å². The molecule has 0 aliphatic carbocycles. The standard InChI is InChI=1S/C23H19Cl2N3/c24-16-12-17(25)14-18(13-16)28-23-21(9-3-4-11-26-23)22(27-28)20-10-5-7-15-6-1-2-8-19(15)20/h1-2,5-8,10,12-14,26H,3-4,9,11H2. The zero-order chi connectivity index (χ0) is 19.1. The Labute approximate surface area is 173 Å². The van der Waals surface area contributed by atoms with E-state index in [1.807, 2.05) is 16.8 Å². The number of nitrogens with one attached hydrogen (secondary N) is 1. The Kier molecular flexibility index (Phi) is 4.50. The first-order chi connectivity index (χ1) is 13.7. The minimum absolute atomic E-state index is 0.604. The summed E-state index contributed by atoms with van der Waals surface area (Å²) in [5.74, 6) is 1.04. The van der Waals surface area contributed by atoms with Gasteiger partial charge in [0.05, 0.1) is 11.4 Å². The van der Waals surface area contributed by atoms with E-state index >= 15 is 0 Å². The van der Waals surface area contributed by atoms with Crippen molar-refractivity contribution in [3.05, 3.63) is 76.3 Å². The smallest absolute Gasteiger partial charge is 0.133 e. The van der Waals surface area contributed by atoms with Gasteiger partial charge in [0.15, 0.2) is 0 Å². The van der Waals surface area contributed by atoms with Crippen LogP contribution in [0.4, 0.5) is 5.82 Å². The van der Waals surface area contributed by atoms with Crippen LogP contribution in [0, 0.1) is 0 Å². The fourth-order valence-electron chi connectivity index (χ4n) is 4.00. The molecule has 0 saturated heterocycles. The summed E-state index contributed by atoms with van der Waals surface area (Å²) in [4.78, 5) is 0. The number of fused-ring (bicyclic) bond motifs is 2. The van der Waals surface area contributed by atoms with Gasteiger partial charge in [-0.2, -0.15) is 5.10 Å². The van der Waals surface area contributed by atoms with Crippen LogP contribution in [0.2, 0.25) is 10.0 Å². The van der Waals surface area contributed by atoms with E-state index in [4.69, 9.17) is 28.3 Å². The third-order valence-electron chi connectivity index (χ3n) is 5.27. The van der Waals surface area contributed by atoms with Gasteiger partial charge in [0.1, 0.15) is 5.82 Å². The SMILES string of the molecule is Clc1cc(Cl)cc(-n2nc(-c3cccc4ccccc34)c3c2NCCCC3)c1. The predicted octanol–water partition coefficient (Wildman–Crippen LogP) is 6.75. The first-order valence-corrected chi connectivity index (χ1v) is 10.3. The summed E-state index contributed by atoms with van der Waals surface area (Å²) in [6, 6.07) is 20.4. The van der Waals surface area contributed by atoms with E-state index in [2.05, 4.69) is 47.8 Å². The van der Waals surface area contributed by atoms with Crippen molar-refractivity contribution in [1.82, 2.24) is 9.78 Å². The second-order valence-corrected chi connectivity index (χ2v) is 8.00. The van der Waals surface area contributed by atoms with Crippen molar-refractivity contribution in [3.8, 4) is 16.9 Å². The number of hydrogen-bond acceptors (Lipinski definition) is 2. The number of anilines is 1. The predicted molar refractivity (Wildman–Crippen MR) is 118 cm³/mol. The Morgan fingerprint density at radius 1 is 0.893 bits per heavy atom. The van der Waals surface area contributed by atoms with Crippen LogP contribution < -0.4 is 5.32 Å². The molecule has 0 saturated carbocycles. The molecule has 5 heteroatoms. The highest BCUT2D eigenvalue weighted by molar-refractivity contribution is 6.34. The normalized spacial score (nSPS) is 13.8. The average Bonchev–Trinajstić information content (AvgIpc) is 2.88. The van der Waals surface area contributed by atoms with Gasteiger partial charge in [-0.05, 0) is 48.2 Å². The Bertz CT molecular complexity index is 1150. The molecular weight excluding hydrogens is 389 g/mol. The Balaban J connectivity index is 1.78. The second-order valence-electron chi connectivity index (χ2n) is 7.13. The third kappa shape index (κ3) is 3.05. The summed E-state index contributed by atoms with van der Waals surface area (Å²) >= 11 is 12.5. The van der Waals surface area contributed by atoms with Crippen molar-refractivity contribution in [2.75, 3.05) is 11.9 Å². The second kappa shape index (κ2) is 7.16. The van der Waals surface area contributed by atoms with E-state index in [0.717, 1.165) is 48.6 Å². The first kappa shape index (κ1) is 17.6. The van der Waals surface area contributed by atoms with E-state index in [1.165, 1.54) is 16.3 Å². The van der Waals surface area contributed by atoms with Crippen LogP contribution >= 0.6 is 23.2 Å².